The minimum absolute atomic E-state index is 0. The van der Waals surface area contributed by atoms with E-state index in [2.05, 4.69) is 15.8 Å². The van der Waals surface area contributed by atoms with E-state index >= 15 is 0 Å². The van der Waals surface area contributed by atoms with E-state index in [4.69, 9.17) is 40.6 Å². The van der Waals surface area contributed by atoms with Gasteiger partial charge in [0.05, 0.1) is 45.1 Å². The standard InChI is InChI=1S/C20H26N4O10.C7H14N2O2.Pt/c25-14(3-6-24-16(27)1-2-17(24)28)21-5-8-34-10-9-33-7-4-15(26)23-22-13-11-20(12-13,18(29)30)19(31)32;1-7(2)10-5(3-8)6(4-9)11-7;/h1-2H,3-12H2,(H,21,25)(H,23,26)(H,29,30)(H,31,32);5-6,8-9H,3-4H2,1-2H3;/q;-2;+2/t;5-,6?;/m.1./s1. The predicted octanol–water partition coefficient (Wildman–Crippen LogP) is -0.129. The molecule has 2 fully saturated rings. The molecule has 2 heterocycles. The quantitative estimate of drug-likeness (QED) is 0.0647. The fourth-order valence-corrected chi connectivity index (χ4v) is 4.27. The Balaban J connectivity index is 0.000000743. The van der Waals surface area contributed by atoms with Crippen molar-refractivity contribution >= 4 is 41.3 Å². The Bertz CT molecular complexity index is 1110. The first-order valence-electron chi connectivity index (χ1n) is 14.2. The number of imide groups is 1. The molecule has 1 saturated carbocycles. The van der Waals surface area contributed by atoms with Crippen LogP contribution in [0.3, 0.4) is 0 Å². The zero-order valence-electron chi connectivity index (χ0n) is 25.5. The molecule has 0 aromatic carbocycles. The summed E-state index contributed by atoms with van der Waals surface area (Å²) in [6.45, 7) is 4.98. The van der Waals surface area contributed by atoms with Gasteiger partial charge in [-0.2, -0.15) is 5.10 Å². The van der Waals surface area contributed by atoms with Crippen LogP contribution in [0.1, 0.15) is 39.5 Å². The summed E-state index contributed by atoms with van der Waals surface area (Å²) in [5.41, 5.74) is 14.9. The van der Waals surface area contributed by atoms with Gasteiger partial charge in [-0.15, -0.1) is 13.1 Å². The van der Waals surface area contributed by atoms with Gasteiger partial charge in [-0.25, -0.2) is 5.43 Å². The topological polar surface area (TPSA) is 267 Å². The molecular formula is C27H40N6O12Pt. The number of amides is 4. The molecule has 1 saturated heterocycles. The van der Waals surface area contributed by atoms with Crippen LogP contribution in [0.4, 0.5) is 0 Å². The maximum absolute atomic E-state index is 11.7. The van der Waals surface area contributed by atoms with E-state index in [-0.39, 0.29) is 123 Å². The van der Waals surface area contributed by atoms with Crippen molar-refractivity contribution in [3.63, 3.8) is 0 Å². The summed E-state index contributed by atoms with van der Waals surface area (Å²) in [4.78, 5) is 69.2. The first-order chi connectivity index (χ1) is 21.2. The maximum atomic E-state index is 11.7. The molecule has 46 heavy (non-hydrogen) atoms. The number of hydrazone groups is 1. The molecule has 0 radical (unpaired) electrons. The molecule has 1 aliphatic carbocycles. The molecule has 19 heteroatoms. The van der Waals surface area contributed by atoms with Crippen molar-refractivity contribution in [2.45, 2.75) is 57.5 Å². The third kappa shape index (κ3) is 12.6. The average molecular weight is 836 g/mol. The Morgan fingerprint density at radius 1 is 0.913 bits per heavy atom. The van der Waals surface area contributed by atoms with Gasteiger partial charge in [0.25, 0.3) is 11.8 Å². The molecule has 0 bridgehead atoms. The molecule has 6 N–H and O–H groups in total. The van der Waals surface area contributed by atoms with Crippen molar-refractivity contribution < 1.29 is 79.0 Å². The molecule has 0 aromatic rings. The van der Waals surface area contributed by atoms with Crippen molar-refractivity contribution in [3.8, 4) is 0 Å². The molecule has 0 aromatic heterocycles. The molecule has 3 aliphatic rings. The zero-order valence-corrected chi connectivity index (χ0v) is 27.8. The summed E-state index contributed by atoms with van der Waals surface area (Å²) in [7, 11) is 0. The molecule has 260 valence electrons. The fraction of sp³-hybridized carbons (Fsp3) is 0.667. The van der Waals surface area contributed by atoms with Gasteiger partial charge in [-0.05, 0) is 13.8 Å². The SMILES string of the molecule is CC1(C)OC(C[NH-])[C@@H](C[NH-])O1.O=C(CCN1C(=O)C=CC1=O)NCCOCCOCCC(=O)NN=C1CC(C(=O)O)(C(=O)O)C1.[Pt+2]. The van der Waals surface area contributed by atoms with Crippen molar-refractivity contribution in [3.05, 3.63) is 23.6 Å². The summed E-state index contributed by atoms with van der Waals surface area (Å²) < 4.78 is 21.3. The number of aliphatic carboxylic acids is 2. The molecule has 2 aliphatic heterocycles. The van der Waals surface area contributed by atoms with Crippen LogP contribution >= 0.6 is 0 Å². The van der Waals surface area contributed by atoms with Crippen molar-refractivity contribution in [2.24, 2.45) is 10.5 Å². The van der Waals surface area contributed by atoms with Crippen LogP contribution in [0.15, 0.2) is 17.3 Å². The number of carbonyl (C=O) groups is 6. The number of carbonyl (C=O) groups excluding carboxylic acids is 4. The van der Waals surface area contributed by atoms with Crippen LogP contribution in [0.25, 0.3) is 11.5 Å². The number of hydrogen-bond acceptors (Lipinski definition) is 11. The smallest absolute Gasteiger partial charge is 0.675 e. The molecule has 2 atom stereocenters. The van der Waals surface area contributed by atoms with Crippen LogP contribution in [0.2, 0.25) is 0 Å². The second kappa shape index (κ2) is 19.5. The van der Waals surface area contributed by atoms with Gasteiger partial charge in [0.1, 0.15) is 0 Å². The second-order valence-corrected chi connectivity index (χ2v) is 10.6. The fourth-order valence-electron chi connectivity index (χ4n) is 4.27. The number of nitrogens with zero attached hydrogens (tertiary/aromatic N) is 2. The average Bonchev–Trinajstić information content (AvgIpc) is 3.45. The molecule has 4 amide bonds. The predicted molar refractivity (Wildman–Crippen MR) is 154 cm³/mol. The largest absolute Gasteiger partial charge is 2.00 e. The van der Waals surface area contributed by atoms with Gasteiger partial charge in [0.15, 0.2) is 11.2 Å². The van der Waals surface area contributed by atoms with Crippen LogP contribution in [0.5, 0.6) is 0 Å². The van der Waals surface area contributed by atoms with Crippen LogP contribution in [0, 0.1) is 5.41 Å². The number of carboxylic acid groups (broad SMARTS) is 2. The Morgan fingerprint density at radius 2 is 1.43 bits per heavy atom. The molecular weight excluding hydrogens is 795 g/mol. The summed E-state index contributed by atoms with van der Waals surface area (Å²) in [6, 6.07) is 0. The van der Waals surface area contributed by atoms with Crippen LogP contribution < -0.4 is 10.7 Å². The molecule has 3 rings (SSSR count). The van der Waals surface area contributed by atoms with E-state index in [0.29, 0.717) is 0 Å². The number of hydrogen-bond donors (Lipinski definition) is 4. The Labute approximate surface area is 279 Å². The van der Waals surface area contributed by atoms with Crippen molar-refractivity contribution in [1.82, 2.24) is 15.6 Å². The monoisotopic (exact) mass is 835 g/mol. The third-order valence-electron chi connectivity index (χ3n) is 6.73. The van der Waals surface area contributed by atoms with E-state index in [1.807, 2.05) is 13.8 Å². The minimum Gasteiger partial charge on any atom is -0.675 e. The number of nitrogens with one attached hydrogen (secondary N) is 4. The Hall–Kier alpha value is -3.12. The van der Waals surface area contributed by atoms with Gasteiger partial charge >= 0.3 is 33.0 Å². The van der Waals surface area contributed by atoms with Crippen molar-refractivity contribution in [2.75, 3.05) is 52.6 Å². The summed E-state index contributed by atoms with van der Waals surface area (Å²) in [6.07, 6.45) is 1.33. The zero-order chi connectivity index (χ0) is 33.6. The first kappa shape index (κ1) is 40.9. The van der Waals surface area contributed by atoms with Crippen LogP contribution in [-0.4, -0.2) is 127 Å². The maximum Gasteiger partial charge on any atom is 2.00 e. The van der Waals surface area contributed by atoms with Gasteiger partial charge in [-0.1, -0.05) is 0 Å². The summed E-state index contributed by atoms with van der Waals surface area (Å²) in [5, 5.41) is 24.3. The van der Waals surface area contributed by atoms with E-state index in [1.165, 1.54) is 0 Å². The summed E-state index contributed by atoms with van der Waals surface area (Å²) >= 11 is 0. The molecule has 18 nitrogen and oxygen atoms in total. The number of carboxylic acids is 2. The molecule has 1 unspecified atom stereocenters. The van der Waals surface area contributed by atoms with E-state index < -0.39 is 40.9 Å². The first-order valence-corrected chi connectivity index (χ1v) is 14.2. The van der Waals surface area contributed by atoms with E-state index in [1.54, 1.807) is 0 Å². The van der Waals surface area contributed by atoms with Gasteiger partial charge < -0.3 is 45.9 Å². The van der Waals surface area contributed by atoms with Gasteiger partial charge in [-0.3, -0.25) is 33.7 Å². The Morgan fingerprint density at radius 3 is 1.93 bits per heavy atom. The normalized spacial score (nSPS) is 20.6. The Kier molecular flexibility index (Phi) is 17.4. The minimum atomic E-state index is -1.87. The third-order valence-corrected chi connectivity index (χ3v) is 6.73. The molecule has 0 spiro atoms. The second-order valence-electron chi connectivity index (χ2n) is 10.6. The van der Waals surface area contributed by atoms with Crippen LogP contribution in [-0.2, 0) is 68.8 Å². The number of rotatable bonds is 17. The van der Waals surface area contributed by atoms with Gasteiger partial charge in [0.2, 0.25) is 11.8 Å². The van der Waals surface area contributed by atoms with Crippen molar-refractivity contribution in [1.29, 1.82) is 0 Å². The number of ether oxygens (including phenoxy) is 4. The van der Waals surface area contributed by atoms with Gasteiger partial charge in [0, 0.05) is 50.2 Å². The van der Waals surface area contributed by atoms with E-state index in [9.17, 15) is 28.8 Å². The summed E-state index contributed by atoms with van der Waals surface area (Å²) in [5.74, 6) is -5.13. The van der Waals surface area contributed by atoms with E-state index in [0.717, 1.165) is 17.1 Å².